The molecule has 2 bridgehead atoms. The number of benzene rings is 1. The zero-order valence-corrected chi connectivity index (χ0v) is 14.0. The van der Waals surface area contributed by atoms with Crippen LogP contribution in [0.2, 0.25) is 0 Å². The number of amides is 1. The summed E-state index contributed by atoms with van der Waals surface area (Å²) < 4.78 is 5.75. The van der Waals surface area contributed by atoms with Gasteiger partial charge in [-0.3, -0.25) is 4.79 Å². The molecule has 0 saturated carbocycles. The van der Waals surface area contributed by atoms with Crippen LogP contribution in [0.5, 0.6) is 5.75 Å². The van der Waals surface area contributed by atoms with Gasteiger partial charge in [0.25, 0.3) is 5.91 Å². The highest BCUT2D eigenvalue weighted by Crippen LogP contribution is 2.27. The van der Waals surface area contributed by atoms with Crippen molar-refractivity contribution in [3.8, 4) is 5.75 Å². The van der Waals surface area contributed by atoms with E-state index in [1.54, 1.807) is 11.8 Å². The zero-order valence-electron chi connectivity index (χ0n) is 13.2. The monoisotopic (exact) mass is 320 g/mol. The molecule has 2 aliphatic heterocycles. The molecule has 0 aliphatic carbocycles. The van der Waals surface area contributed by atoms with Crippen LogP contribution in [0.15, 0.2) is 29.2 Å². The number of ether oxygens (including phenoxy) is 1. The number of piperidine rings is 1. The van der Waals surface area contributed by atoms with Gasteiger partial charge in [0.2, 0.25) is 0 Å². The van der Waals surface area contributed by atoms with Crippen LogP contribution in [0.25, 0.3) is 0 Å². The maximum atomic E-state index is 12.3. The van der Waals surface area contributed by atoms with Crippen molar-refractivity contribution in [2.75, 3.05) is 6.26 Å². The van der Waals surface area contributed by atoms with E-state index in [1.807, 2.05) is 37.4 Å². The average Bonchev–Trinajstić information content (AvgIpc) is 2.86. The van der Waals surface area contributed by atoms with E-state index in [-0.39, 0.29) is 11.9 Å². The van der Waals surface area contributed by atoms with Crippen LogP contribution in [0.3, 0.4) is 0 Å². The van der Waals surface area contributed by atoms with Crippen molar-refractivity contribution < 1.29 is 9.53 Å². The van der Waals surface area contributed by atoms with Gasteiger partial charge in [0.05, 0.1) is 0 Å². The highest BCUT2D eigenvalue weighted by atomic mass is 32.2. The fraction of sp³-hybridized carbons (Fsp3) is 0.588. The number of hydrogen-bond acceptors (Lipinski definition) is 4. The van der Waals surface area contributed by atoms with E-state index in [1.165, 1.54) is 17.7 Å². The molecule has 120 valence electrons. The van der Waals surface area contributed by atoms with E-state index in [9.17, 15) is 4.79 Å². The smallest absolute Gasteiger partial charge is 0.260 e. The number of thioether (sulfide) groups is 1. The number of rotatable bonds is 5. The largest absolute Gasteiger partial charge is 0.481 e. The highest BCUT2D eigenvalue weighted by Gasteiger charge is 2.34. The summed E-state index contributed by atoms with van der Waals surface area (Å²) in [6.45, 7) is 1.81. The van der Waals surface area contributed by atoms with Crippen LogP contribution >= 0.6 is 11.8 Å². The first kappa shape index (κ1) is 15.7. The van der Waals surface area contributed by atoms with Crippen molar-refractivity contribution in [1.82, 2.24) is 10.6 Å². The van der Waals surface area contributed by atoms with Crippen LogP contribution in [0.4, 0.5) is 0 Å². The summed E-state index contributed by atoms with van der Waals surface area (Å²) in [6, 6.07) is 9.31. The van der Waals surface area contributed by atoms with Crippen molar-refractivity contribution >= 4 is 17.7 Å². The first-order valence-electron chi connectivity index (χ1n) is 8.01. The van der Waals surface area contributed by atoms with Gasteiger partial charge in [0.1, 0.15) is 5.75 Å². The molecular formula is C17H24N2O2S. The molecule has 2 heterocycles. The average molecular weight is 320 g/mol. The number of carbonyl (C=O) groups is 1. The van der Waals surface area contributed by atoms with Gasteiger partial charge in [0.15, 0.2) is 6.10 Å². The van der Waals surface area contributed by atoms with Crippen molar-refractivity contribution in [3.05, 3.63) is 24.3 Å². The molecule has 0 spiro atoms. The third-order valence-corrected chi connectivity index (χ3v) is 5.30. The Hall–Kier alpha value is -1.20. The Kier molecular flexibility index (Phi) is 4.93. The fourth-order valence-corrected chi connectivity index (χ4v) is 3.81. The minimum absolute atomic E-state index is 0.0137. The summed E-state index contributed by atoms with van der Waals surface area (Å²) in [5.74, 6) is 0.728. The molecule has 22 heavy (non-hydrogen) atoms. The Labute approximate surface area is 136 Å². The molecule has 3 atom stereocenters. The number of carbonyl (C=O) groups excluding carboxylic acids is 1. The molecule has 0 aromatic heterocycles. The predicted molar refractivity (Wildman–Crippen MR) is 89.4 cm³/mol. The van der Waals surface area contributed by atoms with Crippen LogP contribution in [-0.2, 0) is 4.79 Å². The van der Waals surface area contributed by atoms with Crippen LogP contribution in [0.1, 0.15) is 32.6 Å². The summed E-state index contributed by atoms with van der Waals surface area (Å²) in [4.78, 5) is 13.5. The van der Waals surface area contributed by atoms with Crippen LogP contribution in [-0.4, -0.2) is 36.4 Å². The first-order chi connectivity index (χ1) is 10.6. The minimum atomic E-state index is -0.465. The van der Waals surface area contributed by atoms with Crippen LogP contribution < -0.4 is 15.4 Å². The number of hydrogen-bond donors (Lipinski definition) is 2. The Bertz CT molecular complexity index is 508. The second kappa shape index (κ2) is 6.92. The van der Waals surface area contributed by atoms with Gasteiger partial charge in [-0.1, -0.05) is 0 Å². The fourth-order valence-electron chi connectivity index (χ4n) is 3.41. The molecule has 2 fully saturated rings. The van der Waals surface area contributed by atoms with E-state index >= 15 is 0 Å². The van der Waals surface area contributed by atoms with E-state index < -0.39 is 6.10 Å². The maximum Gasteiger partial charge on any atom is 0.260 e. The van der Waals surface area contributed by atoms with E-state index in [4.69, 9.17) is 4.74 Å². The quantitative estimate of drug-likeness (QED) is 0.819. The standard InChI is InChI=1S/C17H24N2O2S/c1-11(21-15-5-7-16(22-2)8-6-15)17(20)19-14-9-12-3-4-13(10-14)18-12/h5-8,11-14,18H,3-4,9-10H2,1-2H3,(H,19,20). The lowest BCUT2D eigenvalue weighted by atomic mass is 9.99. The Morgan fingerprint density at radius 1 is 1.27 bits per heavy atom. The van der Waals surface area contributed by atoms with Gasteiger partial charge in [-0.25, -0.2) is 0 Å². The second-order valence-corrected chi connectivity index (χ2v) is 7.13. The van der Waals surface area contributed by atoms with Crippen molar-refractivity contribution in [2.45, 2.75) is 61.7 Å². The van der Waals surface area contributed by atoms with Gasteiger partial charge in [-0.15, -0.1) is 11.8 Å². The van der Waals surface area contributed by atoms with Gasteiger partial charge in [0, 0.05) is 23.0 Å². The summed E-state index contributed by atoms with van der Waals surface area (Å²) in [5.41, 5.74) is 0. The lowest BCUT2D eigenvalue weighted by Crippen LogP contribution is -2.50. The summed E-state index contributed by atoms with van der Waals surface area (Å²) in [6.07, 6.45) is 6.13. The van der Waals surface area contributed by atoms with Crippen molar-refractivity contribution in [3.63, 3.8) is 0 Å². The third kappa shape index (κ3) is 3.76. The molecule has 2 saturated heterocycles. The molecule has 3 unspecified atom stereocenters. The Balaban J connectivity index is 1.50. The van der Waals surface area contributed by atoms with Gasteiger partial charge in [-0.2, -0.15) is 0 Å². The molecule has 2 N–H and O–H groups in total. The maximum absolute atomic E-state index is 12.3. The topological polar surface area (TPSA) is 50.4 Å². The molecule has 5 heteroatoms. The summed E-state index contributed by atoms with van der Waals surface area (Å²) in [7, 11) is 0. The van der Waals surface area contributed by atoms with Gasteiger partial charge >= 0.3 is 0 Å². The summed E-state index contributed by atoms with van der Waals surface area (Å²) >= 11 is 1.69. The van der Waals surface area contributed by atoms with E-state index in [2.05, 4.69) is 10.6 Å². The number of nitrogens with one attached hydrogen (secondary N) is 2. The van der Waals surface area contributed by atoms with E-state index in [0.29, 0.717) is 12.1 Å². The second-order valence-electron chi connectivity index (χ2n) is 6.25. The normalized spacial score (nSPS) is 28.2. The molecule has 1 aromatic rings. The van der Waals surface area contributed by atoms with Gasteiger partial charge < -0.3 is 15.4 Å². The van der Waals surface area contributed by atoms with E-state index in [0.717, 1.165) is 18.6 Å². The lowest BCUT2D eigenvalue weighted by molar-refractivity contribution is -0.128. The molecule has 3 rings (SSSR count). The van der Waals surface area contributed by atoms with Crippen molar-refractivity contribution in [2.24, 2.45) is 0 Å². The third-order valence-electron chi connectivity index (χ3n) is 4.56. The predicted octanol–water partition coefficient (Wildman–Crippen LogP) is 2.58. The zero-order chi connectivity index (χ0) is 15.5. The molecular weight excluding hydrogens is 296 g/mol. The molecule has 2 aliphatic rings. The Morgan fingerprint density at radius 2 is 1.91 bits per heavy atom. The Morgan fingerprint density at radius 3 is 2.50 bits per heavy atom. The highest BCUT2D eigenvalue weighted by molar-refractivity contribution is 7.98. The molecule has 1 aromatic carbocycles. The van der Waals surface area contributed by atoms with Crippen LogP contribution in [0, 0.1) is 0 Å². The summed E-state index contributed by atoms with van der Waals surface area (Å²) in [5, 5.41) is 6.74. The minimum Gasteiger partial charge on any atom is -0.481 e. The number of fused-ring (bicyclic) bond motifs is 2. The molecule has 4 nitrogen and oxygen atoms in total. The molecule has 1 amide bonds. The molecule has 0 radical (unpaired) electrons. The van der Waals surface area contributed by atoms with Crippen molar-refractivity contribution in [1.29, 1.82) is 0 Å². The first-order valence-corrected chi connectivity index (χ1v) is 9.23. The lowest BCUT2D eigenvalue weighted by Gasteiger charge is -2.30. The SMILES string of the molecule is CSc1ccc(OC(C)C(=O)NC2CC3CCC(C2)N3)cc1. The van der Waals surface area contributed by atoms with Gasteiger partial charge in [-0.05, 0) is 63.1 Å².